The molecule has 0 aromatic carbocycles. The minimum absolute atomic E-state index is 0.0196. The van der Waals surface area contributed by atoms with E-state index in [2.05, 4.69) is 20.8 Å². The fourth-order valence-electron chi connectivity index (χ4n) is 8.95. The molecule has 0 aromatic rings. The molecule has 2 fully saturated rings. The van der Waals surface area contributed by atoms with Crippen LogP contribution in [0.15, 0.2) is 22.8 Å². The summed E-state index contributed by atoms with van der Waals surface area (Å²) in [4.78, 5) is 39.1. The van der Waals surface area contributed by atoms with E-state index in [1.54, 1.807) is 13.0 Å². The number of fused-ring (bicyclic) bond motifs is 4. The molecule has 0 radical (unpaired) electrons. The van der Waals surface area contributed by atoms with Gasteiger partial charge in [0, 0.05) is 24.0 Å². The molecule has 6 nitrogen and oxygen atoms in total. The summed E-state index contributed by atoms with van der Waals surface area (Å²) in [6.07, 6.45) is 4.10. The highest BCUT2D eigenvalue weighted by molar-refractivity contribution is 6.05. The Morgan fingerprint density at radius 1 is 1.14 bits per heavy atom. The Morgan fingerprint density at radius 3 is 2.39 bits per heavy atom. The van der Waals surface area contributed by atoms with Crippen LogP contribution in [0.5, 0.6) is 0 Å². The number of carbonyl (C=O) groups excluding carboxylic acids is 2. The van der Waals surface area contributed by atoms with Gasteiger partial charge in [-0.1, -0.05) is 40.7 Å². The number of carbonyl (C=O) groups is 3. The fourth-order valence-corrected chi connectivity index (χ4v) is 8.95. The zero-order chi connectivity index (χ0) is 27.0. The number of hydrogen-bond donors (Lipinski definition) is 3. The molecule has 0 spiro atoms. The lowest BCUT2D eigenvalue weighted by Gasteiger charge is -2.61. The minimum Gasteiger partial charge on any atom is -0.478 e. The minimum atomic E-state index is -0.924. The Balaban J connectivity index is 1.76. The van der Waals surface area contributed by atoms with Crippen molar-refractivity contribution < 1.29 is 29.7 Å². The van der Waals surface area contributed by atoms with E-state index in [0.29, 0.717) is 48.8 Å². The molecular formula is C30H44O6. The number of aliphatic hydroxyl groups excluding tert-OH is 2. The molecule has 36 heavy (non-hydrogen) atoms. The number of aliphatic carboxylic acids is 1. The van der Waals surface area contributed by atoms with Crippen LogP contribution in [0.25, 0.3) is 0 Å². The monoisotopic (exact) mass is 500 g/mol. The molecule has 3 N–H and O–H groups in total. The van der Waals surface area contributed by atoms with E-state index in [1.165, 1.54) is 0 Å². The molecule has 0 heterocycles. The maximum atomic E-state index is 14.1. The largest absolute Gasteiger partial charge is 0.478 e. The molecule has 4 aliphatic carbocycles. The summed E-state index contributed by atoms with van der Waals surface area (Å²) in [5.74, 6) is -0.704. The molecular weight excluding hydrogens is 456 g/mol. The van der Waals surface area contributed by atoms with Crippen molar-refractivity contribution in [3.05, 3.63) is 22.8 Å². The smallest absolute Gasteiger partial charge is 0.330 e. The second-order valence-corrected chi connectivity index (χ2v) is 13.5. The normalized spacial score (nSPS) is 43.1. The summed E-state index contributed by atoms with van der Waals surface area (Å²) in [7, 11) is 0. The van der Waals surface area contributed by atoms with Gasteiger partial charge in [-0.15, -0.1) is 0 Å². The number of Topliss-reactive ketones (excluding diaryl/α,β-unsaturated/α-hetero) is 2. The predicted molar refractivity (Wildman–Crippen MR) is 137 cm³/mol. The van der Waals surface area contributed by atoms with E-state index < -0.39 is 39.8 Å². The van der Waals surface area contributed by atoms with E-state index in [-0.39, 0.29) is 35.7 Å². The topological polar surface area (TPSA) is 112 Å². The third-order valence-corrected chi connectivity index (χ3v) is 11.5. The molecule has 200 valence electrons. The van der Waals surface area contributed by atoms with E-state index in [9.17, 15) is 24.6 Å². The van der Waals surface area contributed by atoms with E-state index in [1.807, 2.05) is 20.8 Å². The molecule has 8 atom stereocenters. The molecule has 0 amide bonds. The summed E-state index contributed by atoms with van der Waals surface area (Å²) in [5.41, 5.74) is -0.762. The molecule has 0 aromatic heterocycles. The van der Waals surface area contributed by atoms with Crippen molar-refractivity contribution in [1.82, 2.24) is 0 Å². The van der Waals surface area contributed by atoms with Gasteiger partial charge in [0.05, 0.1) is 17.6 Å². The van der Waals surface area contributed by atoms with Gasteiger partial charge in [-0.05, 0) is 85.5 Å². The summed E-state index contributed by atoms with van der Waals surface area (Å²) < 4.78 is 0. The molecule has 2 saturated carbocycles. The van der Waals surface area contributed by atoms with Crippen molar-refractivity contribution >= 4 is 17.5 Å². The van der Waals surface area contributed by atoms with E-state index >= 15 is 0 Å². The van der Waals surface area contributed by atoms with Gasteiger partial charge in [0.15, 0.2) is 5.78 Å². The quantitative estimate of drug-likeness (QED) is 0.464. The fraction of sp³-hybridized carbons (Fsp3) is 0.767. The number of hydrogen-bond acceptors (Lipinski definition) is 5. The first kappa shape index (κ1) is 27.3. The summed E-state index contributed by atoms with van der Waals surface area (Å²) >= 11 is 0. The van der Waals surface area contributed by atoms with Gasteiger partial charge in [0.1, 0.15) is 5.78 Å². The standard InChI is InChI=1S/C30H44O6/c1-16(9-8-10-17(2)26(35)36)18-13-23(34)30(7)25-19(31)14-21-27(3,4)22(33)11-12-28(21,5)24(25)20(32)15-29(18,30)6/h10,16,18-19,21-22,31,33H,8-9,11-15H2,1-7H3,(H,35,36)/b17-10+/t16-,18-,19+,21?,22+,28+,29-,30+/m1/s1. The molecule has 6 heteroatoms. The second-order valence-electron chi connectivity index (χ2n) is 13.5. The second kappa shape index (κ2) is 8.62. The summed E-state index contributed by atoms with van der Waals surface area (Å²) in [6.45, 7) is 13.9. The number of carboxylic acid groups (broad SMARTS) is 1. The number of aliphatic hydroxyl groups is 2. The van der Waals surface area contributed by atoms with Gasteiger partial charge < -0.3 is 15.3 Å². The first-order valence-corrected chi connectivity index (χ1v) is 13.6. The van der Waals surface area contributed by atoms with Crippen LogP contribution < -0.4 is 0 Å². The van der Waals surface area contributed by atoms with Crippen LogP contribution >= 0.6 is 0 Å². The summed E-state index contributed by atoms with van der Waals surface area (Å²) in [5, 5.41) is 31.5. The highest BCUT2D eigenvalue weighted by atomic mass is 16.4. The maximum Gasteiger partial charge on any atom is 0.330 e. The van der Waals surface area contributed by atoms with E-state index in [4.69, 9.17) is 5.11 Å². The predicted octanol–water partition coefficient (Wildman–Crippen LogP) is 4.87. The highest BCUT2D eigenvalue weighted by Gasteiger charge is 2.70. The van der Waals surface area contributed by atoms with Gasteiger partial charge in [0.25, 0.3) is 0 Å². The van der Waals surface area contributed by atoms with Crippen molar-refractivity contribution in [3.63, 3.8) is 0 Å². The third-order valence-electron chi connectivity index (χ3n) is 11.5. The van der Waals surface area contributed by atoms with Crippen LogP contribution in [-0.4, -0.2) is 45.1 Å². The van der Waals surface area contributed by atoms with Crippen LogP contribution in [0.4, 0.5) is 0 Å². The van der Waals surface area contributed by atoms with Crippen LogP contribution in [0, 0.1) is 39.4 Å². The van der Waals surface area contributed by atoms with E-state index in [0.717, 1.165) is 6.42 Å². The van der Waals surface area contributed by atoms with Gasteiger partial charge in [0.2, 0.25) is 0 Å². The number of rotatable bonds is 5. The first-order chi connectivity index (χ1) is 16.5. The van der Waals surface area contributed by atoms with Gasteiger partial charge in [-0.2, -0.15) is 0 Å². The van der Waals surface area contributed by atoms with Crippen molar-refractivity contribution in [2.45, 2.75) is 106 Å². The summed E-state index contributed by atoms with van der Waals surface area (Å²) in [6, 6.07) is 0. The molecule has 4 aliphatic rings. The van der Waals surface area contributed by atoms with Crippen LogP contribution in [-0.2, 0) is 14.4 Å². The molecule has 4 rings (SSSR count). The maximum absolute atomic E-state index is 14.1. The van der Waals surface area contributed by atoms with Crippen LogP contribution in [0.3, 0.4) is 0 Å². The molecule has 0 bridgehead atoms. The lowest BCUT2D eigenvalue weighted by atomic mass is 9.42. The third kappa shape index (κ3) is 3.53. The van der Waals surface area contributed by atoms with Gasteiger partial charge >= 0.3 is 5.97 Å². The van der Waals surface area contributed by atoms with Crippen LogP contribution in [0.2, 0.25) is 0 Å². The van der Waals surface area contributed by atoms with Crippen molar-refractivity contribution in [1.29, 1.82) is 0 Å². The first-order valence-electron chi connectivity index (χ1n) is 13.6. The zero-order valence-electron chi connectivity index (χ0n) is 23.0. The SMILES string of the molecule is C/C(=C\CC[C@@H](C)[C@H]1CC(=O)[C@@]2(C)C3=C(C(=O)C[C@]12C)[C@@]1(C)CC[C@H](O)C(C)(C)C1C[C@@H]3O)C(=O)O. The Bertz CT molecular complexity index is 1050. The average molecular weight is 501 g/mol. The Kier molecular flexibility index (Phi) is 6.53. The lowest BCUT2D eigenvalue weighted by Crippen LogP contribution is -2.60. The van der Waals surface area contributed by atoms with Crippen molar-refractivity contribution in [2.75, 3.05) is 0 Å². The molecule has 0 saturated heterocycles. The van der Waals surface area contributed by atoms with Crippen molar-refractivity contribution in [3.8, 4) is 0 Å². The number of ketones is 2. The molecule has 0 aliphatic heterocycles. The number of carboxylic acids is 1. The molecule has 1 unspecified atom stereocenters. The average Bonchev–Trinajstić information content (AvgIpc) is 2.99. The highest BCUT2D eigenvalue weighted by Crippen LogP contribution is 2.70. The lowest BCUT2D eigenvalue weighted by molar-refractivity contribution is -0.142. The Morgan fingerprint density at radius 2 is 1.78 bits per heavy atom. The van der Waals surface area contributed by atoms with Crippen LogP contribution in [0.1, 0.15) is 93.4 Å². The van der Waals surface area contributed by atoms with Gasteiger partial charge in [-0.25, -0.2) is 4.79 Å². The van der Waals surface area contributed by atoms with Crippen molar-refractivity contribution in [2.24, 2.45) is 39.4 Å². The van der Waals surface area contributed by atoms with Gasteiger partial charge in [-0.3, -0.25) is 9.59 Å². The zero-order valence-corrected chi connectivity index (χ0v) is 23.0. The Labute approximate surface area is 215 Å². The number of allylic oxidation sites excluding steroid dienone is 2. The Hall–Kier alpha value is -1.79.